The summed E-state index contributed by atoms with van der Waals surface area (Å²) in [5.41, 5.74) is 0. The Morgan fingerprint density at radius 1 is 1.31 bits per heavy atom. The van der Waals surface area contributed by atoms with Crippen molar-refractivity contribution < 1.29 is 24.0 Å². The zero-order valence-electron chi connectivity index (χ0n) is 8.34. The molecule has 16 heavy (non-hydrogen) atoms. The average Bonchev–Trinajstić information content (AvgIpc) is 2.57. The molecule has 1 fully saturated rings. The van der Waals surface area contributed by atoms with Crippen molar-refractivity contribution in [2.24, 2.45) is 0 Å². The third-order valence-corrected chi connectivity index (χ3v) is 2.14. The van der Waals surface area contributed by atoms with E-state index in [1.165, 1.54) is 0 Å². The highest BCUT2D eigenvalue weighted by Gasteiger charge is 2.34. The van der Waals surface area contributed by atoms with E-state index >= 15 is 0 Å². The molecule has 1 rings (SSSR count). The molecule has 1 saturated heterocycles. The van der Waals surface area contributed by atoms with E-state index in [1.54, 1.807) is 0 Å². The lowest BCUT2D eigenvalue weighted by atomic mass is 10.2. The standard InChI is InChI=1S/C9H10N2O5/c12-4-6(10-5-13)3-9(16)11-7(14)1-2-8(11)15/h4-6H,1-3H2,(H,10,13). The van der Waals surface area contributed by atoms with Gasteiger partial charge in [-0.05, 0) is 0 Å². The van der Waals surface area contributed by atoms with Gasteiger partial charge in [-0.3, -0.25) is 19.2 Å². The molecule has 1 aliphatic rings. The quantitative estimate of drug-likeness (QED) is 0.448. The van der Waals surface area contributed by atoms with E-state index in [-0.39, 0.29) is 25.7 Å². The van der Waals surface area contributed by atoms with Crippen LogP contribution < -0.4 is 5.32 Å². The van der Waals surface area contributed by atoms with E-state index in [2.05, 4.69) is 5.32 Å². The van der Waals surface area contributed by atoms with Crippen molar-refractivity contribution in [3.05, 3.63) is 0 Å². The number of imide groups is 3. The van der Waals surface area contributed by atoms with Gasteiger partial charge < -0.3 is 10.1 Å². The Bertz CT molecular complexity index is 336. The normalized spacial score (nSPS) is 17.1. The Balaban J connectivity index is 2.63. The number of nitrogens with one attached hydrogen (secondary N) is 1. The molecule has 7 heteroatoms. The minimum Gasteiger partial charge on any atom is -0.349 e. The van der Waals surface area contributed by atoms with Crippen LogP contribution in [0.1, 0.15) is 19.3 Å². The van der Waals surface area contributed by atoms with Crippen molar-refractivity contribution in [2.75, 3.05) is 0 Å². The third-order valence-electron chi connectivity index (χ3n) is 2.14. The van der Waals surface area contributed by atoms with E-state index in [9.17, 15) is 24.0 Å². The maximum absolute atomic E-state index is 11.5. The molecule has 0 saturated carbocycles. The van der Waals surface area contributed by atoms with Crippen LogP contribution in [0.2, 0.25) is 0 Å². The van der Waals surface area contributed by atoms with E-state index < -0.39 is 23.8 Å². The minimum atomic E-state index is -1.01. The van der Waals surface area contributed by atoms with Crippen molar-refractivity contribution in [3.63, 3.8) is 0 Å². The van der Waals surface area contributed by atoms with Gasteiger partial charge in [0.1, 0.15) is 6.29 Å². The van der Waals surface area contributed by atoms with Gasteiger partial charge in [0.25, 0.3) is 0 Å². The zero-order valence-corrected chi connectivity index (χ0v) is 8.34. The molecule has 0 aromatic rings. The van der Waals surface area contributed by atoms with E-state index in [0.717, 1.165) is 0 Å². The number of nitrogens with zero attached hydrogens (tertiary/aromatic N) is 1. The molecule has 0 aromatic heterocycles. The summed E-state index contributed by atoms with van der Waals surface area (Å²) >= 11 is 0. The first-order chi connectivity index (χ1) is 7.60. The Morgan fingerprint density at radius 3 is 2.31 bits per heavy atom. The molecule has 86 valence electrons. The highest BCUT2D eigenvalue weighted by molar-refractivity contribution is 6.15. The second-order valence-electron chi connectivity index (χ2n) is 3.25. The fourth-order valence-electron chi connectivity index (χ4n) is 1.37. The van der Waals surface area contributed by atoms with Gasteiger partial charge in [-0.25, -0.2) is 4.90 Å². The summed E-state index contributed by atoms with van der Waals surface area (Å²) in [6.45, 7) is 0. The summed E-state index contributed by atoms with van der Waals surface area (Å²) in [7, 11) is 0. The number of hydrogen-bond donors (Lipinski definition) is 1. The van der Waals surface area contributed by atoms with Crippen LogP contribution in [-0.4, -0.2) is 41.4 Å². The number of hydrogen-bond acceptors (Lipinski definition) is 5. The van der Waals surface area contributed by atoms with Crippen LogP contribution in [0.5, 0.6) is 0 Å². The Hall–Kier alpha value is -2.05. The number of carbonyl (C=O) groups is 5. The van der Waals surface area contributed by atoms with Gasteiger partial charge in [0.15, 0.2) is 0 Å². The van der Waals surface area contributed by atoms with Gasteiger partial charge in [-0.1, -0.05) is 0 Å². The van der Waals surface area contributed by atoms with Crippen molar-refractivity contribution >= 4 is 30.4 Å². The predicted octanol–water partition coefficient (Wildman–Crippen LogP) is -1.63. The maximum atomic E-state index is 11.5. The number of rotatable bonds is 5. The first kappa shape index (κ1) is 12.0. The molecule has 0 radical (unpaired) electrons. The molecule has 0 aliphatic carbocycles. The van der Waals surface area contributed by atoms with Gasteiger partial charge in [0, 0.05) is 12.8 Å². The molecule has 1 aliphatic heterocycles. The van der Waals surface area contributed by atoms with Crippen molar-refractivity contribution in [3.8, 4) is 0 Å². The molecule has 1 N–H and O–H groups in total. The molecule has 1 atom stereocenters. The lowest BCUT2D eigenvalue weighted by Gasteiger charge is -2.14. The molecular formula is C9H10N2O5. The SMILES string of the molecule is O=CNC(C=O)CC(=O)N1C(=O)CCC1=O. The summed E-state index contributed by atoms with van der Waals surface area (Å²) in [6, 6.07) is -1.01. The number of amides is 4. The minimum absolute atomic E-state index is 0.0113. The molecule has 0 aromatic carbocycles. The number of aldehydes is 1. The fourth-order valence-corrected chi connectivity index (χ4v) is 1.37. The molecule has 1 unspecified atom stereocenters. The summed E-state index contributed by atoms with van der Waals surface area (Å²) in [6.07, 6.45) is 0.284. The molecular weight excluding hydrogens is 216 g/mol. The second-order valence-corrected chi connectivity index (χ2v) is 3.25. The molecule has 4 amide bonds. The lowest BCUT2D eigenvalue weighted by Crippen LogP contribution is -2.41. The average molecular weight is 226 g/mol. The first-order valence-corrected chi connectivity index (χ1v) is 4.63. The zero-order chi connectivity index (χ0) is 12.1. The molecule has 0 bridgehead atoms. The molecule has 7 nitrogen and oxygen atoms in total. The topological polar surface area (TPSA) is 101 Å². The van der Waals surface area contributed by atoms with Crippen LogP contribution in [0.4, 0.5) is 0 Å². The summed E-state index contributed by atoms with van der Waals surface area (Å²) in [5, 5.41) is 2.10. The predicted molar refractivity (Wildman–Crippen MR) is 49.8 cm³/mol. The smallest absolute Gasteiger partial charge is 0.238 e. The van der Waals surface area contributed by atoms with Gasteiger partial charge >= 0.3 is 0 Å². The van der Waals surface area contributed by atoms with Crippen LogP contribution in [0.3, 0.4) is 0 Å². The van der Waals surface area contributed by atoms with E-state index in [0.29, 0.717) is 11.2 Å². The van der Waals surface area contributed by atoms with Gasteiger partial charge in [0.05, 0.1) is 12.5 Å². The van der Waals surface area contributed by atoms with Crippen molar-refractivity contribution in [1.29, 1.82) is 0 Å². The van der Waals surface area contributed by atoms with Crippen LogP contribution in [0.15, 0.2) is 0 Å². The third kappa shape index (κ3) is 2.50. The first-order valence-electron chi connectivity index (χ1n) is 4.63. The van der Waals surface area contributed by atoms with E-state index in [4.69, 9.17) is 0 Å². The van der Waals surface area contributed by atoms with Crippen LogP contribution in [-0.2, 0) is 24.0 Å². The maximum Gasteiger partial charge on any atom is 0.238 e. The molecule has 0 spiro atoms. The summed E-state index contributed by atoms with van der Waals surface area (Å²) in [5.74, 6) is -1.89. The summed E-state index contributed by atoms with van der Waals surface area (Å²) in [4.78, 5) is 54.9. The van der Waals surface area contributed by atoms with E-state index in [1.807, 2.05) is 0 Å². The fraction of sp³-hybridized carbons (Fsp3) is 0.444. The number of carbonyl (C=O) groups excluding carboxylic acids is 5. The van der Waals surface area contributed by atoms with Crippen molar-refractivity contribution in [2.45, 2.75) is 25.3 Å². The largest absolute Gasteiger partial charge is 0.349 e. The monoisotopic (exact) mass is 226 g/mol. The van der Waals surface area contributed by atoms with Gasteiger partial charge in [0.2, 0.25) is 24.1 Å². The Labute approximate surface area is 90.8 Å². The highest BCUT2D eigenvalue weighted by atomic mass is 16.2. The highest BCUT2D eigenvalue weighted by Crippen LogP contribution is 2.13. The summed E-state index contributed by atoms with van der Waals surface area (Å²) < 4.78 is 0. The lowest BCUT2D eigenvalue weighted by molar-refractivity contribution is -0.150. The molecule has 1 heterocycles. The number of likely N-dealkylation sites (tertiary alicyclic amines) is 1. The van der Waals surface area contributed by atoms with Crippen molar-refractivity contribution in [1.82, 2.24) is 10.2 Å². The Morgan fingerprint density at radius 2 is 1.88 bits per heavy atom. The van der Waals surface area contributed by atoms with Crippen LogP contribution >= 0.6 is 0 Å². The van der Waals surface area contributed by atoms with Gasteiger partial charge in [-0.2, -0.15) is 0 Å². The second kappa shape index (κ2) is 5.15. The van der Waals surface area contributed by atoms with Gasteiger partial charge in [-0.15, -0.1) is 0 Å². The Kier molecular flexibility index (Phi) is 3.87. The van der Waals surface area contributed by atoms with Crippen LogP contribution in [0.25, 0.3) is 0 Å². The van der Waals surface area contributed by atoms with Crippen LogP contribution in [0, 0.1) is 0 Å².